The molecule has 38 heavy (non-hydrogen) atoms. The Morgan fingerprint density at radius 1 is 0.974 bits per heavy atom. The van der Waals surface area contributed by atoms with E-state index in [1.54, 1.807) is 24.3 Å². The Labute approximate surface area is 216 Å². The average Bonchev–Trinajstić information content (AvgIpc) is 2.87. The molecule has 0 spiro atoms. The summed E-state index contributed by atoms with van der Waals surface area (Å²) in [7, 11) is -3.97. The number of alkyl halides is 3. The van der Waals surface area contributed by atoms with Crippen LogP contribution in [-0.2, 0) is 14.8 Å². The number of allylic oxidation sites excluding steroid dienone is 1. The van der Waals surface area contributed by atoms with Crippen LogP contribution in [0, 0.1) is 0 Å². The first-order valence-electron chi connectivity index (χ1n) is 10.9. The number of hydrogen-bond donors (Lipinski definition) is 4. The van der Waals surface area contributed by atoms with E-state index in [0.29, 0.717) is 11.1 Å². The highest BCUT2D eigenvalue weighted by molar-refractivity contribution is 7.89. The Hall–Kier alpha value is -4.23. The molecule has 0 atom stereocenters. The Balaban J connectivity index is 1.77. The van der Waals surface area contributed by atoms with E-state index >= 15 is 0 Å². The second-order valence-corrected chi connectivity index (χ2v) is 9.57. The lowest BCUT2D eigenvalue weighted by Crippen LogP contribution is -2.28. The van der Waals surface area contributed by atoms with Crippen molar-refractivity contribution in [3.8, 4) is 11.1 Å². The standard InChI is InChI=1S/C25H23F4N5O3S/c1-15(17-5-4-6-18(13-17)23(30)34-32-14-25(27,28)29)22(26)24(35)33-19-11-9-16(10-12-19)20-7-2-3-8-21(20)38(31,36)37/h2-13,32H,14H2,1H3,(H2,30,34)(H,33,35)(H2,31,36,37)/b22-15+. The molecule has 0 bridgehead atoms. The summed E-state index contributed by atoms with van der Waals surface area (Å²) in [5, 5.41) is 11.1. The van der Waals surface area contributed by atoms with Crippen molar-refractivity contribution < 1.29 is 30.8 Å². The lowest BCUT2D eigenvalue weighted by Gasteiger charge is -2.11. The predicted octanol–water partition coefficient (Wildman–Crippen LogP) is 4.11. The van der Waals surface area contributed by atoms with E-state index in [1.807, 2.05) is 5.43 Å². The number of hydrazone groups is 1. The Morgan fingerprint density at radius 2 is 1.61 bits per heavy atom. The van der Waals surface area contributed by atoms with Crippen molar-refractivity contribution in [2.75, 3.05) is 11.9 Å². The number of amidine groups is 1. The van der Waals surface area contributed by atoms with Crippen molar-refractivity contribution in [3.05, 3.63) is 89.8 Å². The number of carbonyl (C=O) groups excluding carboxylic acids is 1. The van der Waals surface area contributed by atoms with Crippen molar-refractivity contribution in [2.45, 2.75) is 18.0 Å². The van der Waals surface area contributed by atoms with Crippen LogP contribution < -0.4 is 21.6 Å². The van der Waals surface area contributed by atoms with E-state index in [1.165, 1.54) is 55.5 Å². The summed E-state index contributed by atoms with van der Waals surface area (Å²) < 4.78 is 75.5. The number of anilines is 1. The molecule has 1 amide bonds. The third-order valence-corrected chi connectivity index (χ3v) is 6.22. The van der Waals surface area contributed by atoms with Gasteiger partial charge in [0.25, 0.3) is 5.91 Å². The van der Waals surface area contributed by atoms with Crippen molar-refractivity contribution in [1.29, 1.82) is 0 Å². The fourth-order valence-corrected chi connectivity index (χ4v) is 4.12. The average molecular weight is 550 g/mol. The zero-order chi connectivity index (χ0) is 28.1. The lowest BCUT2D eigenvalue weighted by molar-refractivity contribution is -0.124. The number of rotatable bonds is 8. The highest BCUT2D eigenvalue weighted by Crippen LogP contribution is 2.28. The highest BCUT2D eigenvalue weighted by atomic mass is 32.2. The molecular weight excluding hydrogens is 526 g/mol. The summed E-state index contributed by atoms with van der Waals surface area (Å²) >= 11 is 0. The van der Waals surface area contributed by atoms with Gasteiger partial charge < -0.3 is 11.1 Å². The lowest BCUT2D eigenvalue weighted by atomic mass is 10.0. The first-order valence-corrected chi connectivity index (χ1v) is 12.4. The minimum absolute atomic E-state index is 0.0425. The molecule has 0 saturated heterocycles. The van der Waals surface area contributed by atoms with E-state index < -0.39 is 34.5 Å². The SMILES string of the molecule is C/C(=C(\F)C(=O)Nc1ccc(-c2ccccc2S(N)(=O)=O)cc1)c1cccc(C(N)=NNCC(F)(F)F)c1. The minimum Gasteiger partial charge on any atom is -0.382 e. The van der Waals surface area contributed by atoms with Crippen LogP contribution in [0.15, 0.2) is 88.6 Å². The predicted molar refractivity (Wildman–Crippen MR) is 137 cm³/mol. The first-order chi connectivity index (χ1) is 17.8. The van der Waals surface area contributed by atoms with Gasteiger partial charge in [-0.2, -0.15) is 18.3 Å². The molecule has 200 valence electrons. The van der Waals surface area contributed by atoms with Crippen molar-refractivity contribution in [1.82, 2.24) is 5.43 Å². The van der Waals surface area contributed by atoms with Gasteiger partial charge in [0.15, 0.2) is 11.7 Å². The number of sulfonamides is 1. The molecule has 8 nitrogen and oxygen atoms in total. The van der Waals surface area contributed by atoms with Crippen molar-refractivity contribution in [2.24, 2.45) is 16.0 Å². The fraction of sp³-hybridized carbons (Fsp3) is 0.120. The number of nitrogens with one attached hydrogen (secondary N) is 2. The maximum Gasteiger partial charge on any atom is 0.407 e. The molecule has 3 rings (SSSR count). The number of nitrogens with zero attached hydrogens (tertiary/aromatic N) is 1. The molecule has 0 aliphatic rings. The third-order valence-electron chi connectivity index (χ3n) is 5.25. The zero-order valence-corrected chi connectivity index (χ0v) is 20.7. The molecule has 0 aliphatic heterocycles. The molecule has 3 aromatic carbocycles. The van der Waals surface area contributed by atoms with Crippen LogP contribution >= 0.6 is 0 Å². The minimum atomic E-state index is -4.47. The van der Waals surface area contributed by atoms with Gasteiger partial charge in [-0.25, -0.2) is 17.9 Å². The number of hydrogen-bond acceptors (Lipinski definition) is 5. The van der Waals surface area contributed by atoms with Gasteiger partial charge in [-0.05, 0) is 47.9 Å². The summed E-state index contributed by atoms with van der Waals surface area (Å²) in [6.45, 7) is -0.0166. The van der Waals surface area contributed by atoms with Gasteiger partial charge in [-0.15, -0.1) is 0 Å². The van der Waals surface area contributed by atoms with Crippen LogP contribution in [0.4, 0.5) is 23.2 Å². The summed E-state index contributed by atoms with van der Waals surface area (Å²) in [6, 6.07) is 18.0. The van der Waals surface area contributed by atoms with Crippen molar-refractivity contribution >= 4 is 33.0 Å². The Morgan fingerprint density at radius 3 is 2.24 bits per heavy atom. The first kappa shape index (κ1) is 28.3. The van der Waals surface area contributed by atoms with E-state index in [4.69, 9.17) is 10.9 Å². The van der Waals surface area contributed by atoms with Gasteiger partial charge in [0, 0.05) is 16.8 Å². The molecule has 0 heterocycles. The van der Waals surface area contributed by atoms with Crippen LogP contribution in [0.2, 0.25) is 0 Å². The molecule has 0 aromatic heterocycles. The highest BCUT2D eigenvalue weighted by Gasteiger charge is 2.26. The summed E-state index contributed by atoms with van der Waals surface area (Å²) in [6.07, 6.45) is -4.47. The van der Waals surface area contributed by atoms with Crippen molar-refractivity contribution in [3.63, 3.8) is 0 Å². The van der Waals surface area contributed by atoms with E-state index in [0.717, 1.165) is 0 Å². The van der Waals surface area contributed by atoms with Crippen LogP contribution in [0.1, 0.15) is 18.1 Å². The van der Waals surface area contributed by atoms with Gasteiger partial charge in [-0.1, -0.05) is 48.5 Å². The van der Waals surface area contributed by atoms with Gasteiger partial charge in [0.05, 0.1) is 4.90 Å². The van der Waals surface area contributed by atoms with E-state index in [2.05, 4.69) is 10.4 Å². The van der Waals surface area contributed by atoms with E-state index in [-0.39, 0.29) is 33.1 Å². The topological polar surface area (TPSA) is 140 Å². The molecule has 6 N–H and O–H groups in total. The molecule has 0 saturated carbocycles. The number of nitrogens with two attached hydrogens (primary N) is 2. The second-order valence-electron chi connectivity index (χ2n) is 8.04. The quantitative estimate of drug-likeness (QED) is 0.110. The van der Waals surface area contributed by atoms with Gasteiger partial charge >= 0.3 is 6.18 Å². The Kier molecular flexibility index (Phi) is 8.53. The smallest absolute Gasteiger partial charge is 0.382 e. The summed E-state index contributed by atoms with van der Waals surface area (Å²) in [4.78, 5) is 12.5. The fourth-order valence-electron chi connectivity index (χ4n) is 3.36. The number of amides is 1. The Bertz CT molecular complexity index is 1500. The summed E-state index contributed by atoms with van der Waals surface area (Å²) in [5.41, 5.74) is 9.10. The van der Waals surface area contributed by atoms with Crippen LogP contribution in [0.3, 0.4) is 0 Å². The zero-order valence-electron chi connectivity index (χ0n) is 19.9. The van der Waals surface area contributed by atoms with E-state index in [9.17, 15) is 30.8 Å². The molecule has 3 aromatic rings. The maximum atomic E-state index is 14.9. The van der Waals surface area contributed by atoms with Crippen LogP contribution in [-0.4, -0.2) is 32.9 Å². The van der Waals surface area contributed by atoms with Gasteiger partial charge in [-0.3, -0.25) is 10.2 Å². The van der Waals surface area contributed by atoms with Crippen LogP contribution in [0.5, 0.6) is 0 Å². The van der Waals surface area contributed by atoms with Crippen LogP contribution in [0.25, 0.3) is 16.7 Å². The molecule has 13 heteroatoms. The monoisotopic (exact) mass is 549 g/mol. The molecule has 0 fully saturated rings. The third kappa shape index (κ3) is 7.40. The number of primary sulfonamides is 1. The molecule has 0 radical (unpaired) electrons. The number of benzene rings is 3. The molecule has 0 aliphatic carbocycles. The number of halogens is 4. The molecular formula is C25H23F4N5O3S. The van der Waals surface area contributed by atoms with Gasteiger partial charge in [0.1, 0.15) is 6.54 Å². The summed E-state index contributed by atoms with van der Waals surface area (Å²) in [5.74, 6) is -2.39. The molecule has 0 unspecified atom stereocenters. The number of carbonyl (C=O) groups is 1. The maximum absolute atomic E-state index is 14.9. The largest absolute Gasteiger partial charge is 0.407 e. The normalized spacial score (nSPS) is 13.1. The van der Waals surface area contributed by atoms with Gasteiger partial charge in [0.2, 0.25) is 10.0 Å². The second kappa shape index (κ2) is 11.4.